The van der Waals surface area contributed by atoms with Crippen LogP contribution in [0.5, 0.6) is 0 Å². The molecule has 0 aromatic rings. The summed E-state index contributed by atoms with van der Waals surface area (Å²) < 4.78 is 0. The van der Waals surface area contributed by atoms with Crippen LogP contribution in [0.4, 0.5) is 0 Å². The molecule has 2 aliphatic heterocycles. The normalized spacial score (nSPS) is 33.3. The van der Waals surface area contributed by atoms with Crippen LogP contribution < -0.4 is 5.43 Å². The Hall–Kier alpha value is -1.10. The van der Waals surface area contributed by atoms with Crippen LogP contribution in [0.25, 0.3) is 0 Å². The van der Waals surface area contributed by atoms with E-state index < -0.39 is 0 Å². The summed E-state index contributed by atoms with van der Waals surface area (Å²) >= 11 is 0. The summed E-state index contributed by atoms with van der Waals surface area (Å²) in [6.45, 7) is 2.50. The van der Waals surface area contributed by atoms with Crippen molar-refractivity contribution in [3.8, 4) is 0 Å². The summed E-state index contributed by atoms with van der Waals surface area (Å²) in [5.41, 5.74) is 2.86. The minimum atomic E-state index is -0.299. The van der Waals surface area contributed by atoms with Crippen LogP contribution in [-0.4, -0.2) is 47.4 Å². The maximum atomic E-state index is 11.8. The van der Waals surface area contributed by atoms with Gasteiger partial charge in [0.25, 0.3) is 5.91 Å². The first-order valence-corrected chi connectivity index (χ1v) is 4.95. The molecule has 78 valence electrons. The van der Waals surface area contributed by atoms with Crippen molar-refractivity contribution < 1.29 is 9.59 Å². The molecule has 2 saturated heterocycles. The predicted octanol–water partition coefficient (Wildman–Crippen LogP) is -0.657. The van der Waals surface area contributed by atoms with Gasteiger partial charge >= 0.3 is 0 Å². The SMILES string of the molecule is C[C@@H]1NN(C)C(=O)[C@@H]2CCCN2C1=O. The minimum Gasteiger partial charge on any atom is -0.329 e. The van der Waals surface area contributed by atoms with Gasteiger partial charge in [0.15, 0.2) is 0 Å². The average Bonchev–Trinajstić information content (AvgIpc) is 2.60. The number of rotatable bonds is 0. The average molecular weight is 197 g/mol. The molecule has 0 unspecified atom stereocenters. The Morgan fingerprint density at radius 1 is 1.36 bits per heavy atom. The number of hydrogen-bond acceptors (Lipinski definition) is 3. The van der Waals surface area contributed by atoms with Crippen LogP contribution in [-0.2, 0) is 9.59 Å². The molecule has 2 heterocycles. The van der Waals surface area contributed by atoms with Gasteiger partial charge in [0, 0.05) is 13.6 Å². The molecule has 2 aliphatic rings. The maximum absolute atomic E-state index is 11.8. The van der Waals surface area contributed by atoms with Crippen molar-refractivity contribution in [3.63, 3.8) is 0 Å². The molecular weight excluding hydrogens is 182 g/mol. The van der Waals surface area contributed by atoms with Crippen LogP contribution in [0.15, 0.2) is 0 Å². The van der Waals surface area contributed by atoms with Crippen molar-refractivity contribution in [1.82, 2.24) is 15.3 Å². The molecule has 5 heteroatoms. The molecule has 1 N–H and O–H groups in total. The standard InChI is InChI=1S/C9H15N3O2/c1-6-8(13)12-5-3-4-7(12)9(14)11(2)10-6/h6-7,10H,3-5H2,1-2H3/t6-,7-/m0/s1. The van der Waals surface area contributed by atoms with Crippen molar-refractivity contribution in [1.29, 1.82) is 0 Å². The molecule has 0 spiro atoms. The predicted molar refractivity (Wildman–Crippen MR) is 50.1 cm³/mol. The molecular formula is C9H15N3O2. The summed E-state index contributed by atoms with van der Waals surface area (Å²) in [6.07, 6.45) is 1.73. The van der Waals surface area contributed by atoms with E-state index in [1.165, 1.54) is 5.01 Å². The second kappa shape index (κ2) is 3.24. The molecule has 0 radical (unpaired) electrons. The third kappa shape index (κ3) is 1.28. The highest BCUT2D eigenvalue weighted by atomic mass is 16.2. The molecule has 0 saturated carbocycles. The molecule has 0 bridgehead atoms. The van der Waals surface area contributed by atoms with E-state index in [9.17, 15) is 9.59 Å². The lowest BCUT2D eigenvalue weighted by Crippen LogP contribution is -2.46. The van der Waals surface area contributed by atoms with Gasteiger partial charge in [-0.2, -0.15) is 0 Å². The van der Waals surface area contributed by atoms with E-state index >= 15 is 0 Å². The number of hydrogen-bond donors (Lipinski definition) is 1. The van der Waals surface area contributed by atoms with Gasteiger partial charge in [-0.25, -0.2) is 5.43 Å². The van der Waals surface area contributed by atoms with Gasteiger partial charge in [0.1, 0.15) is 12.1 Å². The lowest BCUT2D eigenvalue weighted by molar-refractivity contribution is -0.139. The zero-order chi connectivity index (χ0) is 10.3. The zero-order valence-electron chi connectivity index (χ0n) is 8.49. The molecule has 14 heavy (non-hydrogen) atoms. The number of carbonyl (C=O) groups is 2. The van der Waals surface area contributed by atoms with Crippen molar-refractivity contribution >= 4 is 11.8 Å². The van der Waals surface area contributed by atoms with Crippen molar-refractivity contribution in [2.75, 3.05) is 13.6 Å². The monoisotopic (exact) mass is 197 g/mol. The number of hydrazine groups is 1. The van der Waals surface area contributed by atoms with Crippen LogP contribution in [0.3, 0.4) is 0 Å². The Balaban J connectivity index is 2.28. The third-order valence-electron chi connectivity index (χ3n) is 2.91. The van der Waals surface area contributed by atoms with E-state index in [-0.39, 0.29) is 23.9 Å². The first-order valence-electron chi connectivity index (χ1n) is 4.95. The lowest BCUT2D eigenvalue weighted by Gasteiger charge is -2.21. The first kappa shape index (κ1) is 9.45. The minimum absolute atomic E-state index is 0.000185. The zero-order valence-corrected chi connectivity index (χ0v) is 8.49. The second-order valence-corrected chi connectivity index (χ2v) is 3.94. The van der Waals surface area contributed by atoms with Crippen LogP contribution in [0.1, 0.15) is 19.8 Å². The smallest absolute Gasteiger partial charge is 0.259 e. The Morgan fingerprint density at radius 2 is 2.07 bits per heavy atom. The highest BCUT2D eigenvalue weighted by molar-refractivity contribution is 5.92. The number of likely N-dealkylation sites (N-methyl/N-ethyl adjacent to an activating group) is 1. The summed E-state index contributed by atoms with van der Waals surface area (Å²) in [4.78, 5) is 25.3. The Bertz CT molecular complexity index is 253. The fourth-order valence-electron chi connectivity index (χ4n) is 2.17. The molecule has 2 amide bonds. The van der Waals surface area contributed by atoms with E-state index in [0.29, 0.717) is 0 Å². The van der Waals surface area contributed by atoms with Gasteiger partial charge in [-0.1, -0.05) is 0 Å². The molecule has 0 aromatic heterocycles. The van der Waals surface area contributed by atoms with E-state index in [1.54, 1.807) is 18.9 Å². The second-order valence-electron chi connectivity index (χ2n) is 3.94. The van der Waals surface area contributed by atoms with Crippen LogP contribution in [0.2, 0.25) is 0 Å². The van der Waals surface area contributed by atoms with E-state index in [0.717, 1.165) is 19.4 Å². The Morgan fingerprint density at radius 3 is 2.79 bits per heavy atom. The van der Waals surface area contributed by atoms with Gasteiger partial charge in [-0.15, -0.1) is 0 Å². The highest BCUT2D eigenvalue weighted by Crippen LogP contribution is 2.21. The number of nitrogens with zero attached hydrogens (tertiary/aromatic N) is 2. The fraction of sp³-hybridized carbons (Fsp3) is 0.778. The first-order chi connectivity index (χ1) is 6.61. The number of carbonyl (C=O) groups excluding carboxylic acids is 2. The molecule has 2 fully saturated rings. The van der Waals surface area contributed by atoms with Gasteiger partial charge in [0.05, 0.1) is 0 Å². The third-order valence-corrected chi connectivity index (χ3v) is 2.91. The van der Waals surface area contributed by atoms with Gasteiger partial charge in [0.2, 0.25) is 5.91 Å². The van der Waals surface area contributed by atoms with Crippen LogP contribution >= 0.6 is 0 Å². The molecule has 2 atom stereocenters. The van der Waals surface area contributed by atoms with Gasteiger partial charge in [-0.3, -0.25) is 14.6 Å². The molecule has 0 aromatic carbocycles. The van der Waals surface area contributed by atoms with E-state index in [2.05, 4.69) is 5.43 Å². The summed E-state index contributed by atoms with van der Waals surface area (Å²) in [5, 5.41) is 1.44. The largest absolute Gasteiger partial charge is 0.329 e. The molecule has 5 nitrogen and oxygen atoms in total. The topological polar surface area (TPSA) is 52.7 Å². The molecule has 0 aliphatic carbocycles. The number of fused-ring (bicyclic) bond motifs is 1. The van der Waals surface area contributed by atoms with Crippen LogP contribution in [0, 0.1) is 0 Å². The van der Waals surface area contributed by atoms with Crippen molar-refractivity contribution in [2.45, 2.75) is 31.8 Å². The van der Waals surface area contributed by atoms with Gasteiger partial charge in [-0.05, 0) is 19.8 Å². The summed E-state index contributed by atoms with van der Waals surface area (Å²) in [7, 11) is 1.67. The number of nitrogens with one attached hydrogen (secondary N) is 1. The summed E-state index contributed by atoms with van der Waals surface area (Å²) in [6, 6.07) is -0.531. The van der Waals surface area contributed by atoms with Crippen molar-refractivity contribution in [3.05, 3.63) is 0 Å². The fourth-order valence-corrected chi connectivity index (χ4v) is 2.17. The highest BCUT2D eigenvalue weighted by Gasteiger charge is 2.40. The molecule has 2 rings (SSSR count). The van der Waals surface area contributed by atoms with E-state index in [1.807, 2.05) is 0 Å². The van der Waals surface area contributed by atoms with Crippen molar-refractivity contribution in [2.24, 2.45) is 0 Å². The number of amides is 2. The maximum Gasteiger partial charge on any atom is 0.259 e. The quantitative estimate of drug-likeness (QED) is 0.561. The summed E-state index contributed by atoms with van der Waals surface area (Å²) in [5.74, 6) is 0.0328. The Kier molecular flexibility index (Phi) is 2.19. The lowest BCUT2D eigenvalue weighted by atomic mass is 10.2. The van der Waals surface area contributed by atoms with E-state index in [4.69, 9.17) is 0 Å². The van der Waals surface area contributed by atoms with Gasteiger partial charge < -0.3 is 4.90 Å². The Labute approximate surface area is 83.0 Å².